The molecule has 2 amide bonds. The van der Waals surface area contributed by atoms with Crippen molar-refractivity contribution in [2.45, 2.75) is 33.2 Å². The van der Waals surface area contributed by atoms with Crippen LogP contribution in [0.4, 0.5) is 5.69 Å². The van der Waals surface area contributed by atoms with Gasteiger partial charge in [0.25, 0.3) is 0 Å². The summed E-state index contributed by atoms with van der Waals surface area (Å²) in [5.41, 5.74) is 3.60. The van der Waals surface area contributed by atoms with Crippen LogP contribution < -0.4 is 20.1 Å². The van der Waals surface area contributed by atoms with Gasteiger partial charge in [0, 0.05) is 12.2 Å². The van der Waals surface area contributed by atoms with E-state index in [4.69, 9.17) is 9.47 Å². The third-order valence-electron chi connectivity index (χ3n) is 4.33. The van der Waals surface area contributed by atoms with Crippen LogP contribution in [0.5, 0.6) is 11.5 Å². The summed E-state index contributed by atoms with van der Waals surface area (Å²) in [5, 5.41) is 5.40. The van der Waals surface area contributed by atoms with Crippen molar-refractivity contribution in [2.24, 2.45) is 0 Å². The predicted octanol–water partition coefficient (Wildman–Crippen LogP) is 2.80. The van der Waals surface area contributed by atoms with Crippen molar-refractivity contribution in [3.8, 4) is 11.5 Å². The lowest BCUT2D eigenvalue weighted by atomic mass is 10.0. The van der Waals surface area contributed by atoms with Gasteiger partial charge in [-0.15, -0.1) is 0 Å². The highest BCUT2D eigenvalue weighted by Gasteiger charge is 2.18. The first-order valence-electron chi connectivity index (χ1n) is 8.70. The lowest BCUT2D eigenvalue weighted by Gasteiger charge is -2.14. The summed E-state index contributed by atoms with van der Waals surface area (Å²) >= 11 is 0. The third kappa shape index (κ3) is 3.79. The Kier molecular flexibility index (Phi) is 5.41. The normalized spacial score (nSPS) is 11.9. The van der Waals surface area contributed by atoms with E-state index in [-0.39, 0.29) is 13.3 Å². The van der Waals surface area contributed by atoms with Gasteiger partial charge in [-0.05, 0) is 41.7 Å². The fourth-order valence-electron chi connectivity index (χ4n) is 2.89. The van der Waals surface area contributed by atoms with Crippen LogP contribution in [0.2, 0.25) is 0 Å². The number of anilines is 1. The number of ether oxygens (including phenoxy) is 2. The Bertz CT molecular complexity index is 810. The molecule has 1 aliphatic rings. The van der Waals surface area contributed by atoms with Crippen molar-refractivity contribution in [3.05, 3.63) is 53.1 Å². The van der Waals surface area contributed by atoms with Crippen molar-refractivity contribution >= 4 is 17.5 Å². The van der Waals surface area contributed by atoms with Crippen molar-refractivity contribution in [3.63, 3.8) is 0 Å². The minimum Gasteiger partial charge on any atom is -0.454 e. The Hall–Kier alpha value is -3.02. The van der Waals surface area contributed by atoms with Gasteiger partial charge >= 0.3 is 11.8 Å². The maximum absolute atomic E-state index is 12.3. The first kappa shape index (κ1) is 17.8. The monoisotopic (exact) mass is 354 g/mol. The summed E-state index contributed by atoms with van der Waals surface area (Å²) in [4.78, 5) is 24.5. The fourth-order valence-corrected chi connectivity index (χ4v) is 2.89. The molecule has 0 radical (unpaired) electrons. The zero-order valence-corrected chi connectivity index (χ0v) is 14.9. The number of fused-ring (bicyclic) bond motifs is 1. The van der Waals surface area contributed by atoms with E-state index in [2.05, 4.69) is 10.6 Å². The first-order chi connectivity index (χ1) is 12.6. The number of rotatable bonds is 5. The van der Waals surface area contributed by atoms with Gasteiger partial charge in [-0.3, -0.25) is 9.59 Å². The average Bonchev–Trinajstić information content (AvgIpc) is 3.13. The van der Waals surface area contributed by atoms with E-state index in [9.17, 15) is 9.59 Å². The highest BCUT2D eigenvalue weighted by Crippen LogP contribution is 2.32. The highest BCUT2D eigenvalue weighted by atomic mass is 16.7. The molecule has 6 heteroatoms. The molecule has 0 saturated heterocycles. The Morgan fingerprint density at radius 3 is 2.35 bits per heavy atom. The first-order valence-corrected chi connectivity index (χ1v) is 8.70. The molecule has 26 heavy (non-hydrogen) atoms. The van der Waals surface area contributed by atoms with Gasteiger partial charge in [0.05, 0.1) is 0 Å². The van der Waals surface area contributed by atoms with E-state index in [0.29, 0.717) is 11.5 Å². The molecule has 2 N–H and O–H groups in total. The second-order valence-electron chi connectivity index (χ2n) is 5.98. The number of hydrogen-bond donors (Lipinski definition) is 2. The van der Waals surface area contributed by atoms with E-state index in [1.54, 1.807) is 12.1 Å². The van der Waals surface area contributed by atoms with Crippen LogP contribution in [0.25, 0.3) is 0 Å². The minimum absolute atomic E-state index is 0.199. The van der Waals surface area contributed by atoms with Crippen LogP contribution >= 0.6 is 0 Å². The Balaban J connectivity index is 1.63. The zero-order valence-electron chi connectivity index (χ0n) is 14.9. The summed E-state index contributed by atoms with van der Waals surface area (Å²) < 4.78 is 10.6. The lowest BCUT2D eigenvalue weighted by Crippen LogP contribution is -2.35. The molecule has 0 aromatic heterocycles. The summed E-state index contributed by atoms with van der Waals surface area (Å²) in [5.74, 6) is -0.0104. The van der Waals surface area contributed by atoms with Gasteiger partial charge < -0.3 is 20.1 Å². The van der Waals surface area contributed by atoms with Gasteiger partial charge in [-0.1, -0.05) is 38.1 Å². The smallest absolute Gasteiger partial charge is 0.313 e. The van der Waals surface area contributed by atoms with Gasteiger partial charge in [0.1, 0.15) is 0 Å². The van der Waals surface area contributed by atoms with E-state index in [1.807, 2.05) is 38.1 Å². The number of carbonyl (C=O) groups is 2. The standard InChI is InChI=1S/C20H22N2O4/c1-3-14-6-5-7-15(4-2)18(14)22-20(24)19(23)21-11-13-8-9-16-17(10-13)26-12-25-16/h5-10H,3-4,11-12H2,1-2H3,(H,21,23)(H,22,24). The molecule has 2 aromatic rings. The molecule has 136 valence electrons. The fraction of sp³-hybridized carbons (Fsp3) is 0.300. The largest absolute Gasteiger partial charge is 0.454 e. The molecule has 0 saturated carbocycles. The summed E-state index contributed by atoms with van der Waals surface area (Å²) in [7, 11) is 0. The molecule has 0 spiro atoms. The second-order valence-corrected chi connectivity index (χ2v) is 5.98. The quantitative estimate of drug-likeness (QED) is 0.810. The maximum Gasteiger partial charge on any atom is 0.313 e. The summed E-state index contributed by atoms with van der Waals surface area (Å²) in [6.07, 6.45) is 1.56. The average molecular weight is 354 g/mol. The Morgan fingerprint density at radius 1 is 0.962 bits per heavy atom. The van der Waals surface area contributed by atoms with Gasteiger partial charge in [-0.2, -0.15) is 0 Å². The summed E-state index contributed by atoms with van der Waals surface area (Å²) in [6, 6.07) is 11.3. The maximum atomic E-state index is 12.3. The van der Waals surface area contributed by atoms with Gasteiger partial charge in [0.15, 0.2) is 11.5 Å². The molecule has 0 bridgehead atoms. The molecule has 2 aromatic carbocycles. The van der Waals surface area contributed by atoms with Crippen LogP contribution in [-0.4, -0.2) is 18.6 Å². The van der Waals surface area contributed by atoms with Crippen molar-refractivity contribution in [2.75, 3.05) is 12.1 Å². The number of benzene rings is 2. The molecule has 1 heterocycles. The van der Waals surface area contributed by atoms with Gasteiger partial charge in [0.2, 0.25) is 6.79 Å². The molecular formula is C20H22N2O4. The van der Waals surface area contributed by atoms with Crippen LogP contribution in [0.15, 0.2) is 36.4 Å². The number of aryl methyl sites for hydroxylation is 2. The Labute approximate surface area is 152 Å². The molecule has 0 atom stereocenters. The predicted molar refractivity (Wildman–Crippen MR) is 98.2 cm³/mol. The van der Waals surface area contributed by atoms with E-state index in [0.717, 1.165) is 35.2 Å². The van der Waals surface area contributed by atoms with E-state index in [1.165, 1.54) is 0 Å². The number of hydrogen-bond acceptors (Lipinski definition) is 4. The molecule has 0 unspecified atom stereocenters. The minimum atomic E-state index is -0.671. The molecular weight excluding hydrogens is 332 g/mol. The Morgan fingerprint density at radius 2 is 1.65 bits per heavy atom. The number of carbonyl (C=O) groups excluding carboxylic acids is 2. The van der Waals surface area contributed by atoms with Crippen LogP contribution in [0.3, 0.4) is 0 Å². The number of para-hydroxylation sites is 1. The van der Waals surface area contributed by atoms with Crippen LogP contribution in [0.1, 0.15) is 30.5 Å². The van der Waals surface area contributed by atoms with Crippen molar-refractivity contribution < 1.29 is 19.1 Å². The van der Waals surface area contributed by atoms with Crippen LogP contribution in [0, 0.1) is 0 Å². The van der Waals surface area contributed by atoms with Crippen LogP contribution in [-0.2, 0) is 29.0 Å². The topological polar surface area (TPSA) is 76.7 Å². The SMILES string of the molecule is CCc1cccc(CC)c1NC(=O)C(=O)NCc1ccc2c(c1)OCO2. The zero-order chi connectivity index (χ0) is 18.5. The molecule has 3 rings (SSSR count). The molecule has 6 nitrogen and oxygen atoms in total. The molecule has 1 aliphatic heterocycles. The number of amides is 2. The van der Waals surface area contributed by atoms with Gasteiger partial charge in [-0.25, -0.2) is 0 Å². The summed E-state index contributed by atoms with van der Waals surface area (Å²) in [6.45, 7) is 4.47. The van der Waals surface area contributed by atoms with Crippen molar-refractivity contribution in [1.29, 1.82) is 0 Å². The number of nitrogens with one attached hydrogen (secondary N) is 2. The van der Waals surface area contributed by atoms with E-state index >= 15 is 0 Å². The second kappa shape index (κ2) is 7.91. The molecule has 0 fully saturated rings. The third-order valence-corrected chi connectivity index (χ3v) is 4.33. The highest BCUT2D eigenvalue weighted by molar-refractivity contribution is 6.39. The molecule has 0 aliphatic carbocycles. The van der Waals surface area contributed by atoms with Crippen molar-refractivity contribution in [1.82, 2.24) is 5.32 Å². The lowest BCUT2D eigenvalue weighted by molar-refractivity contribution is -0.136. The van der Waals surface area contributed by atoms with E-state index < -0.39 is 11.8 Å².